The molecule has 0 radical (unpaired) electrons. The Balaban J connectivity index is 1.58. The Morgan fingerprint density at radius 1 is 1.26 bits per heavy atom. The Morgan fingerprint density at radius 3 is 2.85 bits per heavy atom. The van der Waals surface area contributed by atoms with Crippen molar-refractivity contribution >= 4 is 17.3 Å². The molecule has 0 atom stereocenters. The topological polar surface area (TPSA) is 89.9 Å². The third-order valence-corrected chi connectivity index (χ3v) is 5.13. The zero-order chi connectivity index (χ0) is 18.8. The van der Waals surface area contributed by atoms with Crippen LogP contribution in [-0.4, -0.2) is 32.8 Å². The Labute approximate surface area is 158 Å². The molecule has 0 spiro atoms. The molecular weight excluding hydrogens is 364 g/mol. The van der Waals surface area contributed by atoms with Crippen molar-refractivity contribution in [1.29, 1.82) is 0 Å². The van der Waals surface area contributed by atoms with Gasteiger partial charge in [-0.15, -0.1) is 11.3 Å². The van der Waals surface area contributed by atoms with Gasteiger partial charge in [-0.1, -0.05) is 30.3 Å². The van der Waals surface area contributed by atoms with E-state index in [0.29, 0.717) is 24.2 Å². The first-order chi connectivity index (χ1) is 13.2. The maximum Gasteiger partial charge on any atom is 0.341 e. The van der Waals surface area contributed by atoms with Crippen molar-refractivity contribution in [3.05, 3.63) is 69.0 Å². The highest BCUT2D eigenvalue weighted by Gasteiger charge is 2.21. The second kappa shape index (κ2) is 7.16. The number of nitrogens with zero attached hydrogens (tertiary/aromatic N) is 3. The number of methoxy groups -OCH3 is 1. The minimum Gasteiger partial charge on any atom is -0.465 e. The van der Waals surface area contributed by atoms with Crippen LogP contribution in [0.4, 0.5) is 0 Å². The number of pyridine rings is 1. The second-order valence-electron chi connectivity index (χ2n) is 5.96. The van der Waals surface area contributed by atoms with Crippen LogP contribution in [0, 0.1) is 0 Å². The first kappa shape index (κ1) is 17.2. The van der Waals surface area contributed by atoms with Crippen LogP contribution in [0.2, 0.25) is 0 Å². The van der Waals surface area contributed by atoms with E-state index < -0.39 is 5.97 Å². The molecule has 1 aromatic heterocycles. The van der Waals surface area contributed by atoms with Gasteiger partial charge in [-0.3, -0.25) is 4.79 Å². The third kappa shape index (κ3) is 3.39. The van der Waals surface area contributed by atoms with Gasteiger partial charge in [0, 0.05) is 36.3 Å². The van der Waals surface area contributed by atoms with Crippen LogP contribution in [0.25, 0.3) is 22.5 Å². The van der Waals surface area contributed by atoms with Crippen LogP contribution in [-0.2, 0) is 17.7 Å². The number of benzene rings is 1. The highest BCUT2D eigenvalue weighted by molar-refractivity contribution is 7.09. The number of hydrogen-bond donors (Lipinski definition) is 1. The molecule has 136 valence electrons. The predicted molar refractivity (Wildman–Crippen MR) is 102 cm³/mol. The number of ether oxygens (including phenoxy) is 1. The van der Waals surface area contributed by atoms with Gasteiger partial charge in [0.15, 0.2) is 0 Å². The monoisotopic (exact) mass is 380 g/mol. The summed E-state index contributed by atoms with van der Waals surface area (Å²) >= 11 is 1.59. The SMILES string of the molecule is COC(=O)c1cn(CCc2nc(-c3ccccc3)cs2)cc2c(=O)[nH]nc1-2. The molecule has 4 rings (SSSR count). The Hall–Kier alpha value is -3.26. The van der Waals surface area contributed by atoms with Crippen LogP contribution in [0.3, 0.4) is 0 Å². The van der Waals surface area contributed by atoms with Gasteiger partial charge in [0.25, 0.3) is 5.56 Å². The third-order valence-electron chi connectivity index (χ3n) is 4.22. The maximum atomic E-state index is 12.0. The number of rotatable bonds is 5. The van der Waals surface area contributed by atoms with Crippen LogP contribution >= 0.6 is 11.3 Å². The average molecular weight is 380 g/mol. The number of esters is 1. The number of aromatic amines is 1. The Bertz CT molecular complexity index is 1110. The van der Waals surface area contributed by atoms with Gasteiger partial charge in [-0.2, -0.15) is 5.10 Å². The summed E-state index contributed by atoms with van der Waals surface area (Å²) in [5.41, 5.74) is 2.65. The first-order valence-electron chi connectivity index (χ1n) is 8.32. The number of H-pyrrole nitrogens is 1. The van der Waals surface area contributed by atoms with E-state index in [1.807, 2.05) is 35.7 Å². The normalized spacial score (nSPS) is 11.0. The maximum absolute atomic E-state index is 12.0. The zero-order valence-electron chi connectivity index (χ0n) is 14.5. The molecule has 8 heteroatoms. The molecule has 0 saturated carbocycles. The van der Waals surface area contributed by atoms with Crippen molar-refractivity contribution < 1.29 is 9.53 Å². The Kier molecular flexibility index (Phi) is 4.55. The lowest BCUT2D eigenvalue weighted by Crippen LogP contribution is -2.12. The average Bonchev–Trinajstić information content (AvgIpc) is 3.33. The highest BCUT2D eigenvalue weighted by Crippen LogP contribution is 2.23. The molecule has 0 saturated heterocycles. The zero-order valence-corrected chi connectivity index (χ0v) is 15.3. The van der Waals surface area contributed by atoms with E-state index >= 15 is 0 Å². The molecule has 0 aliphatic carbocycles. The van der Waals surface area contributed by atoms with E-state index in [4.69, 9.17) is 4.74 Å². The number of aryl methyl sites for hydroxylation is 2. The number of nitrogens with one attached hydrogen (secondary N) is 1. The number of thiazole rings is 1. The fraction of sp³-hybridized carbons (Fsp3) is 0.158. The molecule has 0 bridgehead atoms. The van der Waals surface area contributed by atoms with Gasteiger partial charge in [0.05, 0.1) is 23.4 Å². The van der Waals surface area contributed by atoms with Crippen molar-refractivity contribution in [2.45, 2.75) is 13.0 Å². The van der Waals surface area contributed by atoms with Gasteiger partial charge in [0.1, 0.15) is 11.3 Å². The summed E-state index contributed by atoms with van der Waals surface area (Å²) < 4.78 is 6.61. The van der Waals surface area contributed by atoms with E-state index in [9.17, 15) is 9.59 Å². The largest absolute Gasteiger partial charge is 0.465 e. The molecule has 7 nitrogen and oxygen atoms in total. The number of fused-ring (bicyclic) bond motifs is 1. The lowest BCUT2D eigenvalue weighted by atomic mass is 10.1. The van der Waals surface area contributed by atoms with Crippen LogP contribution < -0.4 is 5.56 Å². The summed E-state index contributed by atoms with van der Waals surface area (Å²) in [4.78, 5) is 28.6. The van der Waals surface area contributed by atoms with Gasteiger partial charge in [0.2, 0.25) is 0 Å². The van der Waals surface area contributed by atoms with Crippen LogP contribution in [0.15, 0.2) is 52.9 Å². The van der Waals surface area contributed by atoms with Crippen molar-refractivity contribution in [1.82, 2.24) is 19.7 Å². The summed E-state index contributed by atoms with van der Waals surface area (Å²) in [5, 5.41) is 9.32. The fourth-order valence-electron chi connectivity index (χ4n) is 2.87. The predicted octanol–water partition coefficient (Wildman–Crippen LogP) is 2.83. The summed E-state index contributed by atoms with van der Waals surface area (Å²) in [6.45, 7) is 0.576. The van der Waals surface area contributed by atoms with Crippen LogP contribution in [0.5, 0.6) is 0 Å². The molecular formula is C19H16N4O3S. The summed E-state index contributed by atoms with van der Waals surface area (Å²) in [7, 11) is 1.30. The van der Waals surface area contributed by atoms with Crippen molar-refractivity contribution in [3.63, 3.8) is 0 Å². The molecule has 0 amide bonds. The van der Waals surface area contributed by atoms with Gasteiger partial charge < -0.3 is 9.30 Å². The van der Waals surface area contributed by atoms with E-state index in [2.05, 4.69) is 15.2 Å². The minimum absolute atomic E-state index is 0.262. The van der Waals surface area contributed by atoms with E-state index in [1.165, 1.54) is 7.11 Å². The van der Waals surface area contributed by atoms with E-state index in [1.54, 1.807) is 28.3 Å². The van der Waals surface area contributed by atoms with Crippen molar-refractivity contribution in [2.75, 3.05) is 7.11 Å². The fourth-order valence-corrected chi connectivity index (χ4v) is 3.67. The summed E-state index contributed by atoms with van der Waals surface area (Å²) in [5.74, 6) is -0.526. The molecule has 2 aliphatic heterocycles. The second-order valence-corrected chi connectivity index (χ2v) is 6.90. The smallest absolute Gasteiger partial charge is 0.341 e. The van der Waals surface area contributed by atoms with Gasteiger partial charge in [-0.05, 0) is 0 Å². The quantitative estimate of drug-likeness (QED) is 0.538. The molecule has 2 aromatic rings. The van der Waals surface area contributed by atoms with Crippen LogP contribution in [0.1, 0.15) is 15.4 Å². The van der Waals surface area contributed by atoms with Crippen molar-refractivity contribution in [3.8, 4) is 22.5 Å². The summed E-state index contributed by atoms with van der Waals surface area (Å²) in [6.07, 6.45) is 4.03. The number of carbonyl (C=O) groups is 1. The minimum atomic E-state index is -0.526. The van der Waals surface area contributed by atoms with Crippen molar-refractivity contribution in [2.24, 2.45) is 0 Å². The molecule has 3 heterocycles. The number of aromatic nitrogens is 4. The standard InChI is InChI=1S/C19H16N4O3S/c1-26-19(25)14-10-23(9-13-17(14)21-22-18(13)24)8-7-16-20-15(11-27-16)12-5-3-2-4-6-12/h2-6,9-11H,7-8H2,1H3,(H,22,24). The van der Waals surface area contributed by atoms with Gasteiger partial charge >= 0.3 is 5.97 Å². The lowest BCUT2D eigenvalue weighted by Gasteiger charge is -2.11. The van der Waals surface area contributed by atoms with E-state index in [0.717, 1.165) is 16.3 Å². The molecule has 0 fully saturated rings. The molecule has 27 heavy (non-hydrogen) atoms. The number of hydrogen-bond acceptors (Lipinski definition) is 6. The molecule has 1 N–H and O–H groups in total. The van der Waals surface area contributed by atoms with E-state index in [-0.39, 0.29) is 11.1 Å². The highest BCUT2D eigenvalue weighted by atomic mass is 32.1. The molecule has 2 aliphatic rings. The van der Waals surface area contributed by atoms with Gasteiger partial charge in [-0.25, -0.2) is 14.9 Å². The lowest BCUT2D eigenvalue weighted by molar-refractivity contribution is 0.0600. The Morgan fingerprint density at radius 2 is 2.07 bits per heavy atom. The first-order valence-corrected chi connectivity index (χ1v) is 9.20. The molecule has 1 aromatic carbocycles. The number of carbonyl (C=O) groups excluding carboxylic acids is 1. The molecule has 0 unspecified atom stereocenters. The summed E-state index contributed by atoms with van der Waals surface area (Å²) in [6, 6.07) is 10.00.